The van der Waals surface area contributed by atoms with Crippen LogP contribution >= 0.6 is 0 Å². The van der Waals surface area contributed by atoms with Gasteiger partial charge in [0.15, 0.2) is 0 Å². The molecule has 4 rings (SSSR count). The molecule has 146 valence electrons. The number of aromatic nitrogens is 1. The van der Waals surface area contributed by atoms with Crippen molar-refractivity contribution in [3.8, 4) is 11.4 Å². The fourth-order valence-electron chi connectivity index (χ4n) is 3.58. The maximum atomic E-state index is 12.8. The highest BCUT2D eigenvalue weighted by Gasteiger charge is 2.34. The Morgan fingerprint density at radius 2 is 1.66 bits per heavy atom. The van der Waals surface area contributed by atoms with Crippen LogP contribution in [0.4, 0.5) is 10.5 Å². The number of hydrogen-bond donors (Lipinski definition) is 1. The summed E-state index contributed by atoms with van der Waals surface area (Å²) in [7, 11) is 1.64. The number of anilines is 1. The van der Waals surface area contributed by atoms with Crippen molar-refractivity contribution in [3.05, 3.63) is 83.3 Å². The molecule has 3 aromatic rings. The molecule has 0 radical (unpaired) electrons. The number of methoxy groups -OCH3 is 1. The Morgan fingerprint density at radius 1 is 0.931 bits per heavy atom. The van der Waals surface area contributed by atoms with Crippen LogP contribution in [0.2, 0.25) is 0 Å². The zero-order valence-electron chi connectivity index (χ0n) is 16.5. The number of nitrogens with one attached hydrogen (secondary N) is 1. The van der Waals surface area contributed by atoms with Gasteiger partial charge in [-0.05, 0) is 55.8 Å². The van der Waals surface area contributed by atoms with Crippen molar-refractivity contribution in [1.82, 2.24) is 9.88 Å². The average Bonchev–Trinajstić information content (AvgIpc) is 3.17. The number of carbonyl (C=O) groups excluding carboxylic acids is 2. The van der Waals surface area contributed by atoms with Gasteiger partial charge in [0.1, 0.15) is 11.4 Å². The third-order valence-electron chi connectivity index (χ3n) is 4.97. The van der Waals surface area contributed by atoms with Gasteiger partial charge in [-0.25, -0.2) is 9.69 Å². The fraction of sp³-hybridized carbons (Fsp3) is 0.130. The van der Waals surface area contributed by atoms with E-state index in [1.807, 2.05) is 50.2 Å². The van der Waals surface area contributed by atoms with Gasteiger partial charge in [0.25, 0.3) is 5.91 Å². The first-order chi connectivity index (χ1) is 14.0. The van der Waals surface area contributed by atoms with Gasteiger partial charge >= 0.3 is 6.03 Å². The molecular weight excluding hydrogens is 366 g/mol. The lowest BCUT2D eigenvalue weighted by Crippen LogP contribution is -2.30. The second-order valence-corrected chi connectivity index (χ2v) is 6.83. The van der Waals surface area contributed by atoms with E-state index in [1.165, 1.54) is 0 Å². The summed E-state index contributed by atoms with van der Waals surface area (Å²) in [6.45, 7) is 3.98. The van der Waals surface area contributed by atoms with Gasteiger partial charge in [-0.15, -0.1) is 0 Å². The first-order valence-electron chi connectivity index (χ1n) is 9.25. The number of benzene rings is 2. The van der Waals surface area contributed by atoms with E-state index in [0.717, 1.165) is 33.3 Å². The number of hydrogen-bond acceptors (Lipinski definition) is 3. The minimum atomic E-state index is -0.450. The van der Waals surface area contributed by atoms with Gasteiger partial charge in [-0.3, -0.25) is 4.79 Å². The van der Waals surface area contributed by atoms with E-state index in [9.17, 15) is 9.59 Å². The smallest absolute Gasteiger partial charge is 0.333 e. The molecule has 1 aliphatic rings. The van der Waals surface area contributed by atoms with E-state index in [2.05, 4.69) is 9.88 Å². The van der Waals surface area contributed by atoms with E-state index in [1.54, 1.807) is 37.5 Å². The molecule has 3 amide bonds. The lowest BCUT2D eigenvalue weighted by molar-refractivity contribution is -0.113. The van der Waals surface area contributed by atoms with Gasteiger partial charge in [-0.2, -0.15) is 0 Å². The molecule has 0 atom stereocenters. The van der Waals surface area contributed by atoms with Crippen LogP contribution in [0.5, 0.6) is 5.75 Å². The van der Waals surface area contributed by atoms with E-state index >= 15 is 0 Å². The Morgan fingerprint density at radius 3 is 2.38 bits per heavy atom. The Bertz CT molecular complexity index is 1130. The topological polar surface area (TPSA) is 63.6 Å². The second kappa shape index (κ2) is 7.31. The standard InChI is InChI=1S/C23H21N3O3/c1-15-12-17(16(2)25(15)19-10-7-11-20(14-19)29-3)13-21-22(27)26(23(28)24-21)18-8-5-4-6-9-18/h4-14H,1-3H3,(H,24,28)/b21-13-. The Hall–Kier alpha value is -3.80. The number of nitrogens with zero attached hydrogens (tertiary/aromatic N) is 2. The zero-order chi connectivity index (χ0) is 20.5. The molecule has 0 saturated carbocycles. The Kier molecular flexibility index (Phi) is 4.68. The van der Waals surface area contributed by atoms with E-state index in [4.69, 9.17) is 4.74 Å². The van der Waals surface area contributed by atoms with Crippen LogP contribution in [0.3, 0.4) is 0 Å². The minimum absolute atomic E-state index is 0.254. The van der Waals surface area contributed by atoms with Crippen molar-refractivity contribution in [3.63, 3.8) is 0 Å². The van der Waals surface area contributed by atoms with Crippen molar-refractivity contribution >= 4 is 23.7 Å². The molecule has 1 N–H and O–H groups in total. The SMILES string of the molecule is COc1cccc(-n2c(C)cc(/C=C3\NC(=O)N(c4ccccc4)C3=O)c2C)c1. The van der Waals surface area contributed by atoms with Crippen LogP contribution in [-0.2, 0) is 4.79 Å². The number of rotatable bonds is 4. The average molecular weight is 387 g/mol. The lowest BCUT2D eigenvalue weighted by Gasteiger charge is -2.11. The highest BCUT2D eigenvalue weighted by Crippen LogP contribution is 2.27. The second-order valence-electron chi connectivity index (χ2n) is 6.83. The summed E-state index contributed by atoms with van der Waals surface area (Å²) in [5.41, 5.74) is 4.60. The van der Waals surface area contributed by atoms with Gasteiger partial charge < -0.3 is 14.6 Å². The molecule has 2 heterocycles. The van der Waals surface area contributed by atoms with Gasteiger partial charge in [-0.1, -0.05) is 24.3 Å². The predicted molar refractivity (Wildman–Crippen MR) is 112 cm³/mol. The molecule has 2 aromatic carbocycles. The first-order valence-corrected chi connectivity index (χ1v) is 9.25. The molecule has 0 unspecified atom stereocenters. The number of urea groups is 1. The van der Waals surface area contributed by atoms with Crippen molar-refractivity contribution in [2.24, 2.45) is 0 Å². The predicted octanol–water partition coefficient (Wildman–Crippen LogP) is 4.20. The molecule has 1 fully saturated rings. The van der Waals surface area contributed by atoms with E-state index < -0.39 is 6.03 Å². The van der Waals surface area contributed by atoms with Crippen molar-refractivity contribution in [1.29, 1.82) is 0 Å². The summed E-state index contributed by atoms with van der Waals surface area (Å²) in [6, 6.07) is 18.2. The van der Waals surface area contributed by atoms with Gasteiger partial charge in [0.05, 0.1) is 12.8 Å². The summed E-state index contributed by atoms with van der Waals surface area (Å²) in [6.07, 6.45) is 1.72. The van der Waals surface area contributed by atoms with Crippen molar-refractivity contribution < 1.29 is 14.3 Å². The number of imide groups is 1. The molecule has 1 aromatic heterocycles. The first kappa shape index (κ1) is 18.6. The normalized spacial score (nSPS) is 15.1. The molecule has 6 nitrogen and oxygen atoms in total. The Labute approximate surface area is 169 Å². The molecule has 0 aliphatic carbocycles. The number of aryl methyl sites for hydroxylation is 1. The third kappa shape index (κ3) is 3.29. The summed E-state index contributed by atoms with van der Waals surface area (Å²) in [5.74, 6) is 0.402. The summed E-state index contributed by atoms with van der Waals surface area (Å²) in [4.78, 5) is 26.3. The van der Waals surface area contributed by atoms with Crippen LogP contribution in [0.25, 0.3) is 11.8 Å². The minimum Gasteiger partial charge on any atom is -0.497 e. The molecule has 1 saturated heterocycles. The highest BCUT2D eigenvalue weighted by atomic mass is 16.5. The number of amides is 3. The van der Waals surface area contributed by atoms with E-state index in [-0.39, 0.29) is 11.6 Å². The van der Waals surface area contributed by atoms with Crippen molar-refractivity contribution in [2.75, 3.05) is 12.0 Å². The molecule has 29 heavy (non-hydrogen) atoms. The zero-order valence-corrected chi connectivity index (χ0v) is 16.5. The van der Waals surface area contributed by atoms with Gasteiger partial charge in [0.2, 0.25) is 0 Å². The molecule has 0 spiro atoms. The molecular formula is C23H21N3O3. The largest absolute Gasteiger partial charge is 0.497 e. The summed E-state index contributed by atoms with van der Waals surface area (Å²) >= 11 is 0. The number of para-hydroxylation sites is 1. The summed E-state index contributed by atoms with van der Waals surface area (Å²) in [5, 5.41) is 2.68. The number of carbonyl (C=O) groups is 2. The molecule has 0 bridgehead atoms. The number of ether oxygens (including phenoxy) is 1. The lowest BCUT2D eigenvalue weighted by atomic mass is 10.2. The fourth-order valence-corrected chi connectivity index (χ4v) is 3.58. The van der Waals surface area contributed by atoms with Crippen LogP contribution < -0.4 is 15.0 Å². The molecule has 6 heteroatoms. The maximum absolute atomic E-state index is 12.8. The molecule has 1 aliphatic heterocycles. The van der Waals surface area contributed by atoms with Crippen molar-refractivity contribution in [2.45, 2.75) is 13.8 Å². The quantitative estimate of drug-likeness (QED) is 0.539. The summed E-state index contributed by atoms with van der Waals surface area (Å²) < 4.78 is 7.42. The van der Waals surface area contributed by atoms with Crippen LogP contribution in [0, 0.1) is 13.8 Å². The van der Waals surface area contributed by atoms with Crippen LogP contribution in [-0.4, -0.2) is 23.6 Å². The van der Waals surface area contributed by atoms with Crippen LogP contribution in [0.15, 0.2) is 66.4 Å². The monoisotopic (exact) mass is 387 g/mol. The third-order valence-corrected chi connectivity index (χ3v) is 4.97. The highest BCUT2D eigenvalue weighted by molar-refractivity contribution is 6.28. The van der Waals surface area contributed by atoms with E-state index in [0.29, 0.717) is 5.69 Å². The maximum Gasteiger partial charge on any atom is 0.333 e. The Balaban J connectivity index is 1.71. The van der Waals surface area contributed by atoms with Gasteiger partial charge in [0, 0.05) is 23.1 Å². The van der Waals surface area contributed by atoms with Crippen LogP contribution in [0.1, 0.15) is 17.0 Å².